The molecule has 0 amide bonds. The first-order valence-electron chi connectivity index (χ1n) is 12.3. The fraction of sp³-hybridized carbons (Fsp3) is 0.607. The van der Waals surface area contributed by atoms with Crippen LogP contribution in [-0.4, -0.2) is 47.8 Å². The van der Waals surface area contributed by atoms with Crippen LogP contribution >= 0.6 is 0 Å². The van der Waals surface area contributed by atoms with Gasteiger partial charge in [0.05, 0.1) is 11.5 Å². The molecule has 1 aliphatic heterocycles. The molecule has 1 spiro atoms. The van der Waals surface area contributed by atoms with Crippen molar-refractivity contribution in [3.05, 3.63) is 48.1 Å². The van der Waals surface area contributed by atoms with E-state index >= 15 is 0 Å². The highest BCUT2D eigenvalue weighted by molar-refractivity contribution is 5.87. The highest BCUT2D eigenvalue weighted by Crippen LogP contribution is 2.67. The van der Waals surface area contributed by atoms with E-state index in [1.54, 1.807) is 19.1 Å². The van der Waals surface area contributed by atoms with Gasteiger partial charge >= 0.3 is 17.9 Å². The van der Waals surface area contributed by atoms with E-state index in [1.807, 2.05) is 6.92 Å². The first kappa shape index (κ1) is 27.9. The molecule has 1 saturated heterocycles. The molecular formula is C28H38O8. The number of carbonyl (C=O) groups is 3. The van der Waals surface area contributed by atoms with Gasteiger partial charge in [-0.15, -0.1) is 0 Å². The van der Waals surface area contributed by atoms with Gasteiger partial charge in [0.2, 0.25) is 12.6 Å². The summed E-state index contributed by atoms with van der Waals surface area (Å²) in [5.74, 6) is -2.02. The van der Waals surface area contributed by atoms with Gasteiger partial charge in [-0.05, 0) is 56.4 Å². The van der Waals surface area contributed by atoms with Gasteiger partial charge in [0.15, 0.2) is 0 Å². The summed E-state index contributed by atoms with van der Waals surface area (Å²) in [5, 5.41) is 11.7. The molecule has 3 rings (SSSR count). The van der Waals surface area contributed by atoms with Crippen molar-refractivity contribution >= 4 is 17.9 Å². The van der Waals surface area contributed by atoms with Crippen LogP contribution in [-0.2, 0) is 33.3 Å². The number of rotatable bonds is 7. The van der Waals surface area contributed by atoms with E-state index in [4.69, 9.17) is 18.9 Å². The molecule has 36 heavy (non-hydrogen) atoms. The molecule has 1 N–H and O–H groups in total. The number of esters is 3. The maximum atomic E-state index is 12.5. The van der Waals surface area contributed by atoms with Crippen molar-refractivity contribution in [2.24, 2.45) is 22.7 Å². The third-order valence-electron chi connectivity index (χ3n) is 8.19. The molecule has 1 heterocycles. The standard InChI is InChI=1S/C28H38O8/c1-9-16(4)10-11-27(8)17(5)12-23(31)28-21(13-20(14-22(27)28)35-24(32)15(2)3)25(33-18(6)29)36-26(28)34-19(7)30/h9-10,13,17,20,22-23,25-26,31H,1-2,11-12,14H2,3-8H3/b16-10+/t17-,20+,22+,23+,25+,26-,27-,28+/m1/s1. The lowest BCUT2D eigenvalue weighted by atomic mass is 9.45. The normalized spacial score (nSPS) is 37.6. The van der Waals surface area contributed by atoms with Crippen LogP contribution in [0.3, 0.4) is 0 Å². The molecule has 2 aliphatic carbocycles. The lowest BCUT2D eigenvalue weighted by Gasteiger charge is -2.60. The first-order chi connectivity index (χ1) is 16.8. The molecule has 8 heteroatoms. The average molecular weight is 503 g/mol. The Morgan fingerprint density at radius 1 is 1.14 bits per heavy atom. The van der Waals surface area contributed by atoms with Gasteiger partial charge in [0.25, 0.3) is 0 Å². The topological polar surface area (TPSA) is 108 Å². The van der Waals surface area contributed by atoms with Crippen LogP contribution in [0.25, 0.3) is 0 Å². The second-order valence-electron chi connectivity index (χ2n) is 10.6. The highest BCUT2D eigenvalue weighted by Gasteiger charge is 2.71. The van der Waals surface area contributed by atoms with E-state index < -0.39 is 53.5 Å². The number of carbonyl (C=O) groups excluding carboxylic acids is 3. The van der Waals surface area contributed by atoms with Crippen molar-refractivity contribution in [1.29, 1.82) is 0 Å². The molecule has 0 aromatic heterocycles. The highest BCUT2D eigenvalue weighted by atomic mass is 16.8. The number of hydrogen-bond acceptors (Lipinski definition) is 8. The Morgan fingerprint density at radius 2 is 1.78 bits per heavy atom. The van der Waals surface area contributed by atoms with Gasteiger partial charge in [-0.2, -0.15) is 0 Å². The first-order valence-corrected chi connectivity index (χ1v) is 12.3. The number of aliphatic hydroxyl groups excluding tert-OH is 1. The van der Waals surface area contributed by atoms with E-state index in [0.717, 1.165) is 5.57 Å². The number of hydrogen-bond donors (Lipinski definition) is 1. The Bertz CT molecular complexity index is 1010. The third kappa shape index (κ3) is 4.81. The van der Waals surface area contributed by atoms with E-state index in [1.165, 1.54) is 13.8 Å². The summed E-state index contributed by atoms with van der Waals surface area (Å²) in [6, 6.07) is 0. The summed E-state index contributed by atoms with van der Waals surface area (Å²) in [6.45, 7) is 17.8. The van der Waals surface area contributed by atoms with Gasteiger partial charge in [0, 0.05) is 25.0 Å². The predicted molar refractivity (Wildman–Crippen MR) is 132 cm³/mol. The Kier molecular flexibility index (Phi) is 8.01. The van der Waals surface area contributed by atoms with Gasteiger partial charge < -0.3 is 19.3 Å². The van der Waals surface area contributed by atoms with Gasteiger partial charge in [-0.3, -0.25) is 14.3 Å². The molecule has 0 aromatic carbocycles. The van der Waals surface area contributed by atoms with E-state index in [-0.39, 0.29) is 17.4 Å². The molecule has 3 aliphatic rings. The van der Waals surface area contributed by atoms with Crippen molar-refractivity contribution in [2.75, 3.05) is 0 Å². The Balaban J connectivity index is 2.23. The molecule has 8 atom stereocenters. The number of ether oxygens (including phenoxy) is 4. The van der Waals surface area contributed by atoms with Crippen LogP contribution in [0.1, 0.15) is 60.8 Å². The zero-order valence-electron chi connectivity index (χ0n) is 22.0. The summed E-state index contributed by atoms with van der Waals surface area (Å²) in [5.41, 5.74) is 0.109. The fourth-order valence-corrected chi connectivity index (χ4v) is 6.11. The molecule has 0 radical (unpaired) electrons. The van der Waals surface area contributed by atoms with Crippen LogP contribution in [0.2, 0.25) is 0 Å². The summed E-state index contributed by atoms with van der Waals surface area (Å²) < 4.78 is 22.9. The minimum atomic E-state index is -1.20. The summed E-state index contributed by atoms with van der Waals surface area (Å²) >= 11 is 0. The van der Waals surface area contributed by atoms with Crippen molar-refractivity contribution in [2.45, 2.75) is 85.6 Å². The second-order valence-corrected chi connectivity index (χ2v) is 10.6. The quantitative estimate of drug-likeness (QED) is 0.182. The molecule has 1 saturated carbocycles. The van der Waals surface area contributed by atoms with E-state index in [0.29, 0.717) is 24.8 Å². The molecule has 198 valence electrons. The van der Waals surface area contributed by atoms with Crippen LogP contribution < -0.4 is 0 Å². The van der Waals surface area contributed by atoms with Crippen LogP contribution in [0.5, 0.6) is 0 Å². The van der Waals surface area contributed by atoms with Crippen molar-refractivity contribution in [1.82, 2.24) is 0 Å². The van der Waals surface area contributed by atoms with E-state index in [2.05, 4.69) is 33.1 Å². The largest absolute Gasteiger partial charge is 0.455 e. The number of aliphatic hydroxyl groups is 1. The van der Waals surface area contributed by atoms with Crippen molar-refractivity contribution in [3.63, 3.8) is 0 Å². The fourth-order valence-electron chi connectivity index (χ4n) is 6.11. The summed E-state index contributed by atoms with van der Waals surface area (Å²) in [7, 11) is 0. The summed E-state index contributed by atoms with van der Waals surface area (Å²) in [4.78, 5) is 36.6. The SMILES string of the molecule is C=C/C(C)=C/C[C@]1(C)[C@H](C)C[C@H](O)[C@]23C(=C[C@H](OC(=O)C(=C)C)C[C@@H]12)[C@@H](OC(C)=O)O[C@H]3OC(C)=O. The molecule has 8 nitrogen and oxygen atoms in total. The minimum absolute atomic E-state index is 0.0552. The minimum Gasteiger partial charge on any atom is -0.455 e. The van der Waals surface area contributed by atoms with Crippen LogP contribution in [0.15, 0.2) is 48.1 Å². The molecule has 0 aromatic rings. The van der Waals surface area contributed by atoms with Crippen LogP contribution in [0, 0.1) is 22.7 Å². The monoisotopic (exact) mass is 502 g/mol. The van der Waals surface area contributed by atoms with Crippen LogP contribution in [0.4, 0.5) is 0 Å². The predicted octanol–water partition coefficient (Wildman–Crippen LogP) is 4.15. The Morgan fingerprint density at radius 3 is 2.33 bits per heavy atom. The maximum Gasteiger partial charge on any atom is 0.333 e. The zero-order valence-corrected chi connectivity index (χ0v) is 22.0. The lowest BCUT2D eigenvalue weighted by molar-refractivity contribution is -0.253. The maximum absolute atomic E-state index is 12.5. The van der Waals surface area contributed by atoms with Crippen molar-refractivity contribution in [3.8, 4) is 0 Å². The summed E-state index contributed by atoms with van der Waals surface area (Å²) in [6.07, 6.45) is 2.96. The van der Waals surface area contributed by atoms with Gasteiger partial charge in [0.1, 0.15) is 6.10 Å². The number of allylic oxidation sites excluding steroid dienone is 3. The van der Waals surface area contributed by atoms with Crippen molar-refractivity contribution < 1.29 is 38.4 Å². The van der Waals surface area contributed by atoms with Gasteiger partial charge in [-0.1, -0.05) is 44.7 Å². The Labute approximate surface area is 213 Å². The zero-order chi connectivity index (χ0) is 27.0. The second kappa shape index (κ2) is 10.3. The lowest BCUT2D eigenvalue weighted by Crippen LogP contribution is -2.63. The molecule has 2 fully saturated rings. The molecular weight excluding hydrogens is 464 g/mol. The Hall–Kier alpha value is -2.71. The smallest absolute Gasteiger partial charge is 0.333 e. The van der Waals surface area contributed by atoms with E-state index in [9.17, 15) is 19.5 Å². The third-order valence-corrected chi connectivity index (χ3v) is 8.19. The molecule has 0 bridgehead atoms. The average Bonchev–Trinajstić information content (AvgIpc) is 3.07. The van der Waals surface area contributed by atoms with Gasteiger partial charge in [-0.25, -0.2) is 4.79 Å². The molecule has 0 unspecified atom stereocenters.